The predicted octanol–water partition coefficient (Wildman–Crippen LogP) is 3.40. The van der Waals surface area contributed by atoms with Gasteiger partial charge in [-0.25, -0.2) is 4.99 Å². The van der Waals surface area contributed by atoms with Gasteiger partial charge in [-0.2, -0.15) is 5.26 Å². The number of halogens is 1. The summed E-state index contributed by atoms with van der Waals surface area (Å²) in [7, 11) is 0. The van der Waals surface area contributed by atoms with Crippen LogP contribution in [0.5, 0.6) is 0 Å². The van der Waals surface area contributed by atoms with Crippen molar-refractivity contribution in [2.45, 2.75) is 26.1 Å². The molecule has 2 atom stereocenters. The number of morpholine rings is 1. The van der Waals surface area contributed by atoms with Gasteiger partial charge in [-0.3, -0.25) is 9.59 Å². The van der Waals surface area contributed by atoms with Crippen LogP contribution in [0.4, 0.5) is 0 Å². The molecule has 1 saturated heterocycles. The first-order valence-electron chi connectivity index (χ1n) is 10.2. The lowest BCUT2D eigenvalue weighted by molar-refractivity contribution is -0.138. The van der Waals surface area contributed by atoms with Gasteiger partial charge in [0, 0.05) is 24.2 Å². The van der Waals surface area contributed by atoms with E-state index in [0.717, 1.165) is 0 Å². The second-order valence-electron chi connectivity index (χ2n) is 7.74. The van der Waals surface area contributed by atoms with Gasteiger partial charge in [0.1, 0.15) is 17.5 Å². The van der Waals surface area contributed by atoms with Crippen LogP contribution in [-0.2, 0) is 9.53 Å². The normalized spacial score (nSPS) is 21.3. The van der Waals surface area contributed by atoms with Crippen LogP contribution in [0.25, 0.3) is 5.70 Å². The zero-order valence-corrected chi connectivity index (χ0v) is 18.4. The zero-order valence-electron chi connectivity index (χ0n) is 17.6. The second-order valence-corrected chi connectivity index (χ2v) is 8.15. The Kier molecular flexibility index (Phi) is 6.08. The van der Waals surface area contributed by atoms with E-state index in [9.17, 15) is 14.9 Å². The molecule has 1 N–H and O–H groups in total. The number of rotatable bonds is 2. The van der Waals surface area contributed by atoms with Crippen molar-refractivity contribution >= 4 is 34.9 Å². The third kappa shape index (κ3) is 4.15. The molecule has 1 fully saturated rings. The van der Waals surface area contributed by atoms with Crippen LogP contribution in [0.2, 0.25) is 5.02 Å². The summed E-state index contributed by atoms with van der Waals surface area (Å²) in [6, 6.07) is 15.9. The first-order chi connectivity index (χ1) is 15.4. The van der Waals surface area contributed by atoms with Crippen molar-refractivity contribution in [1.29, 1.82) is 5.26 Å². The molecular weight excluding hydrogens is 428 g/mol. The van der Waals surface area contributed by atoms with E-state index in [4.69, 9.17) is 16.3 Å². The fourth-order valence-electron chi connectivity index (χ4n) is 3.94. The Hall–Kier alpha value is -3.47. The molecule has 162 valence electrons. The van der Waals surface area contributed by atoms with E-state index in [2.05, 4.69) is 10.3 Å². The van der Waals surface area contributed by atoms with Gasteiger partial charge in [-0.05, 0) is 26.0 Å². The molecule has 8 heteroatoms. The lowest BCUT2D eigenvalue weighted by Crippen LogP contribution is -2.48. The summed E-state index contributed by atoms with van der Waals surface area (Å²) in [5, 5.41) is 13.0. The summed E-state index contributed by atoms with van der Waals surface area (Å²) in [4.78, 5) is 32.1. The van der Waals surface area contributed by atoms with Crippen molar-refractivity contribution < 1.29 is 14.3 Å². The van der Waals surface area contributed by atoms with Gasteiger partial charge in [0.05, 0.1) is 28.5 Å². The fourth-order valence-corrected chi connectivity index (χ4v) is 4.16. The molecule has 2 amide bonds. The Balaban J connectivity index is 1.71. The molecular formula is C24H21ClN4O3. The van der Waals surface area contributed by atoms with Crippen LogP contribution in [0.15, 0.2) is 59.1 Å². The maximum atomic E-state index is 13.2. The molecule has 0 saturated carbocycles. The van der Waals surface area contributed by atoms with Crippen LogP contribution in [0.1, 0.15) is 35.3 Å². The van der Waals surface area contributed by atoms with Gasteiger partial charge < -0.3 is 15.0 Å². The highest BCUT2D eigenvalue weighted by Gasteiger charge is 2.32. The number of nitriles is 1. The number of aliphatic imine (C=N–C) groups is 1. The Morgan fingerprint density at radius 3 is 2.38 bits per heavy atom. The van der Waals surface area contributed by atoms with Gasteiger partial charge in [0.2, 0.25) is 0 Å². The molecule has 0 radical (unpaired) electrons. The predicted molar refractivity (Wildman–Crippen MR) is 121 cm³/mol. The Morgan fingerprint density at radius 1 is 1.09 bits per heavy atom. The first kappa shape index (κ1) is 21.8. The molecule has 0 spiro atoms. The SMILES string of the molecule is CC1CN(C(=O)/C(C#N)=C2\N=C(NC(=O)c3ccccc3Cl)c3ccccc32)CC(C)O1. The summed E-state index contributed by atoms with van der Waals surface area (Å²) in [5.74, 6) is -0.558. The lowest BCUT2D eigenvalue weighted by atomic mass is 10.0. The topological polar surface area (TPSA) is 94.8 Å². The van der Waals surface area contributed by atoms with E-state index >= 15 is 0 Å². The van der Waals surface area contributed by atoms with Crippen molar-refractivity contribution in [3.8, 4) is 6.07 Å². The molecule has 2 aromatic rings. The van der Waals surface area contributed by atoms with Crippen molar-refractivity contribution in [3.63, 3.8) is 0 Å². The molecule has 2 aliphatic rings. The summed E-state index contributed by atoms with van der Waals surface area (Å²) in [5.41, 5.74) is 1.73. The average Bonchev–Trinajstić information content (AvgIpc) is 3.12. The summed E-state index contributed by atoms with van der Waals surface area (Å²) < 4.78 is 5.70. The van der Waals surface area contributed by atoms with E-state index in [-0.39, 0.29) is 29.3 Å². The van der Waals surface area contributed by atoms with Crippen LogP contribution < -0.4 is 5.32 Å². The number of nitrogens with zero attached hydrogens (tertiary/aromatic N) is 3. The molecule has 32 heavy (non-hydrogen) atoms. The number of fused-ring (bicyclic) bond motifs is 1. The van der Waals surface area contributed by atoms with E-state index in [1.807, 2.05) is 19.9 Å². The van der Waals surface area contributed by atoms with Crippen molar-refractivity contribution in [2.24, 2.45) is 4.99 Å². The highest BCUT2D eigenvalue weighted by Crippen LogP contribution is 2.32. The molecule has 2 unspecified atom stereocenters. The number of carbonyl (C=O) groups excluding carboxylic acids is 2. The number of amides is 2. The largest absolute Gasteiger partial charge is 0.372 e. The number of hydrogen-bond acceptors (Lipinski definition) is 5. The number of amidine groups is 1. The van der Waals surface area contributed by atoms with Crippen LogP contribution in [0.3, 0.4) is 0 Å². The van der Waals surface area contributed by atoms with Gasteiger partial charge in [0.25, 0.3) is 11.8 Å². The fraction of sp³-hybridized carbons (Fsp3) is 0.250. The highest BCUT2D eigenvalue weighted by molar-refractivity contribution is 6.34. The zero-order chi connectivity index (χ0) is 22.8. The number of ether oxygens (including phenoxy) is 1. The van der Waals surface area contributed by atoms with E-state index < -0.39 is 11.8 Å². The number of hydrogen-bond donors (Lipinski definition) is 1. The molecule has 4 rings (SSSR count). The van der Waals surface area contributed by atoms with Crippen molar-refractivity contribution in [3.05, 3.63) is 75.8 Å². The van der Waals surface area contributed by atoms with E-state index in [1.54, 1.807) is 53.4 Å². The summed E-state index contributed by atoms with van der Waals surface area (Å²) in [6.07, 6.45) is -0.255. The van der Waals surface area contributed by atoms with E-state index in [0.29, 0.717) is 34.8 Å². The third-order valence-electron chi connectivity index (χ3n) is 5.28. The molecule has 0 aliphatic carbocycles. The molecule has 7 nitrogen and oxygen atoms in total. The van der Waals surface area contributed by atoms with Crippen molar-refractivity contribution in [1.82, 2.24) is 10.2 Å². The Labute approximate surface area is 191 Å². The van der Waals surface area contributed by atoms with Gasteiger partial charge in [-0.1, -0.05) is 48.0 Å². The molecule has 0 aromatic heterocycles. The van der Waals surface area contributed by atoms with E-state index in [1.165, 1.54) is 0 Å². The molecule has 0 bridgehead atoms. The minimum Gasteiger partial charge on any atom is -0.372 e. The number of benzene rings is 2. The minimum atomic E-state index is -0.425. The standard InChI is InChI=1S/C24H21ClN4O3/c1-14-12-29(13-15(2)32-14)24(31)19(11-26)21-16-7-3-4-8-17(16)22(27-21)28-23(30)18-9-5-6-10-20(18)25/h3-10,14-15H,12-13H2,1-2H3,(H,27,28,30)/b21-19-. The second kappa shape index (κ2) is 8.95. The summed E-state index contributed by atoms with van der Waals surface area (Å²) in [6.45, 7) is 4.56. The maximum Gasteiger partial charge on any atom is 0.266 e. The van der Waals surface area contributed by atoms with Crippen LogP contribution in [0, 0.1) is 11.3 Å². The smallest absolute Gasteiger partial charge is 0.266 e. The van der Waals surface area contributed by atoms with Gasteiger partial charge in [-0.15, -0.1) is 0 Å². The highest BCUT2D eigenvalue weighted by atomic mass is 35.5. The Bertz CT molecular complexity index is 1190. The third-order valence-corrected chi connectivity index (χ3v) is 5.61. The molecule has 2 aromatic carbocycles. The first-order valence-corrected chi connectivity index (χ1v) is 10.6. The summed E-state index contributed by atoms with van der Waals surface area (Å²) >= 11 is 6.14. The van der Waals surface area contributed by atoms with Gasteiger partial charge in [0.15, 0.2) is 0 Å². The average molecular weight is 449 g/mol. The van der Waals surface area contributed by atoms with Crippen LogP contribution in [-0.4, -0.2) is 47.8 Å². The maximum absolute atomic E-state index is 13.2. The minimum absolute atomic E-state index is 0.0688. The number of carbonyl (C=O) groups is 2. The molecule has 2 aliphatic heterocycles. The van der Waals surface area contributed by atoms with Crippen molar-refractivity contribution in [2.75, 3.05) is 13.1 Å². The molecule has 2 heterocycles. The lowest BCUT2D eigenvalue weighted by Gasteiger charge is -2.35. The number of nitrogens with one attached hydrogen (secondary N) is 1. The van der Waals surface area contributed by atoms with Gasteiger partial charge >= 0.3 is 0 Å². The monoisotopic (exact) mass is 448 g/mol. The Morgan fingerprint density at radius 2 is 1.72 bits per heavy atom. The van der Waals surface area contributed by atoms with Crippen LogP contribution >= 0.6 is 11.6 Å². The quantitative estimate of drug-likeness (QED) is 0.562.